The molecule has 0 fully saturated rings. The minimum absolute atomic E-state index is 0.0441. The predicted octanol–water partition coefficient (Wildman–Crippen LogP) is 2.84. The van der Waals surface area contributed by atoms with Gasteiger partial charge in [0.2, 0.25) is 0 Å². The molecular weight excluding hydrogens is 277 g/mol. The zero-order chi connectivity index (χ0) is 14.9. The van der Waals surface area contributed by atoms with Crippen LogP contribution < -0.4 is 5.32 Å². The maximum absolute atomic E-state index is 12.5. The van der Waals surface area contributed by atoms with E-state index in [0.29, 0.717) is 0 Å². The molecule has 9 heteroatoms. The van der Waals surface area contributed by atoms with Crippen LogP contribution in [-0.4, -0.2) is 21.8 Å². The third-order valence-corrected chi connectivity index (χ3v) is 2.59. The van der Waals surface area contributed by atoms with E-state index in [1.807, 2.05) is 0 Å². The number of nitrogens with one attached hydrogen (secondary N) is 1. The first kappa shape index (κ1) is 13.8. The van der Waals surface area contributed by atoms with Crippen LogP contribution in [0.2, 0.25) is 0 Å². The van der Waals surface area contributed by atoms with Crippen LogP contribution in [0.4, 0.5) is 24.5 Å². The molecule has 0 radical (unpaired) electrons. The highest BCUT2D eigenvalue weighted by molar-refractivity contribution is 5.70. The third-order valence-electron chi connectivity index (χ3n) is 2.59. The monoisotopic (exact) mass is 286 g/mol. The standard InChI is InChI=1S/C11H9F3N4O2/c1-15-7-3-2-4-8(10(7)18(19)20)17-6-5-9(16-17)11(12,13)14/h2-6,15H,1H3. The van der Waals surface area contributed by atoms with Crippen molar-refractivity contribution in [3.8, 4) is 5.69 Å². The molecule has 1 heterocycles. The fraction of sp³-hybridized carbons (Fsp3) is 0.182. The molecule has 0 saturated heterocycles. The average molecular weight is 286 g/mol. The summed E-state index contributed by atoms with van der Waals surface area (Å²) in [6, 6.07) is 5.03. The second-order valence-corrected chi connectivity index (χ2v) is 3.82. The summed E-state index contributed by atoms with van der Waals surface area (Å²) >= 11 is 0. The number of para-hydroxylation sites is 1. The number of rotatable bonds is 3. The topological polar surface area (TPSA) is 73.0 Å². The number of halogens is 3. The largest absolute Gasteiger partial charge is 0.435 e. The SMILES string of the molecule is CNc1cccc(-n2ccc(C(F)(F)F)n2)c1[N+](=O)[O-]. The van der Waals surface area contributed by atoms with E-state index in [4.69, 9.17) is 0 Å². The van der Waals surface area contributed by atoms with Gasteiger partial charge in [0, 0.05) is 13.2 Å². The summed E-state index contributed by atoms with van der Waals surface area (Å²) in [5.74, 6) is 0. The van der Waals surface area contributed by atoms with Crippen LogP contribution >= 0.6 is 0 Å². The Kier molecular flexibility index (Phi) is 3.35. The Morgan fingerprint density at radius 3 is 2.55 bits per heavy atom. The van der Waals surface area contributed by atoms with Crippen molar-refractivity contribution in [1.29, 1.82) is 0 Å². The van der Waals surface area contributed by atoms with E-state index in [9.17, 15) is 23.3 Å². The van der Waals surface area contributed by atoms with Gasteiger partial charge in [-0.2, -0.15) is 18.3 Å². The first-order chi connectivity index (χ1) is 9.34. The number of nitro benzene ring substituents is 1. The molecular formula is C11H9F3N4O2. The number of hydrogen-bond donors (Lipinski definition) is 1. The summed E-state index contributed by atoms with van der Waals surface area (Å²) < 4.78 is 38.3. The molecule has 2 rings (SSSR count). The first-order valence-corrected chi connectivity index (χ1v) is 5.43. The molecule has 0 unspecified atom stereocenters. The third kappa shape index (κ3) is 2.42. The summed E-state index contributed by atoms with van der Waals surface area (Å²) in [5.41, 5.74) is -1.30. The fourth-order valence-electron chi connectivity index (χ4n) is 1.72. The lowest BCUT2D eigenvalue weighted by Gasteiger charge is -2.07. The van der Waals surface area contributed by atoms with Gasteiger partial charge in [-0.1, -0.05) is 6.07 Å². The second kappa shape index (κ2) is 4.83. The molecule has 6 nitrogen and oxygen atoms in total. The van der Waals surface area contributed by atoms with Crippen molar-refractivity contribution in [3.05, 3.63) is 46.3 Å². The van der Waals surface area contributed by atoms with Gasteiger partial charge in [0.25, 0.3) is 0 Å². The maximum atomic E-state index is 12.5. The van der Waals surface area contributed by atoms with Gasteiger partial charge in [0.1, 0.15) is 11.4 Å². The number of benzene rings is 1. The minimum Gasteiger partial charge on any atom is -0.382 e. The van der Waals surface area contributed by atoms with Crippen molar-refractivity contribution >= 4 is 11.4 Å². The molecule has 106 valence electrons. The summed E-state index contributed by atoms with van der Waals surface area (Å²) in [6.07, 6.45) is -3.56. The van der Waals surface area contributed by atoms with E-state index in [0.717, 1.165) is 16.9 Å². The Morgan fingerprint density at radius 2 is 2.05 bits per heavy atom. The smallest absolute Gasteiger partial charge is 0.382 e. The molecule has 1 aromatic carbocycles. The lowest BCUT2D eigenvalue weighted by molar-refractivity contribution is -0.383. The van der Waals surface area contributed by atoms with Gasteiger partial charge in [0.05, 0.1) is 4.92 Å². The highest BCUT2D eigenvalue weighted by Crippen LogP contribution is 2.32. The molecule has 0 aliphatic heterocycles. The van der Waals surface area contributed by atoms with E-state index in [2.05, 4.69) is 10.4 Å². The van der Waals surface area contributed by atoms with Crippen LogP contribution in [0.15, 0.2) is 30.5 Å². The molecule has 0 aliphatic carbocycles. The molecule has 0 aliphatic rings. The average Bonchev–Trinajstić information content (AvgIpc) is 2.86. The van der Waals surface area contributed by atoms with Crippen LogP contribution in [0.5, 0.6) is 0 Å². The molecule has 0 bridgehead atoms. The predicted molar refractivity (Wildman–Crippen MR) is 64.8 cm³/mol. The Bertz CT molecular complexity index is 651. The van der Waals surface area contributed by atoms with E-state index in [1.54, 1.807) is 0 Å². The first-order valence-electron chi connectivity index (χ1n) is 5.43. The Balaban J connectivity index is 2.58. The van der Waals surface area contributed by atoms with Gasteiger partial charge in [0.15, 0.2) is 5.69 Å². The van der Waals surface area contributed by atoms with Gasteiger partial charge in [-0.3, -0.25) is 10.1 Å². The molecule has 20 heavy (non-hydrogen) atoms. The molecule has 0 amide bonds. The molecule has 1 aromatic heterocycles. The van der Waals surface area contributed by atoms with E-state index in [-0.39, 0.29) is 17.1 Å². The second-order valence-electron chi connectivity index (χ2n) is 3.82. The van der Waals surface area contributed by atoms with Gasteiger partial charge >= 0.3 is 11.9 Å². The number of nitrogens with zero attached hydrogens (tertiary/aromatic N) is 3. The minimum atomic E-state index is -4.60. The lowest BCUT2D eigenvalue weighted by Crippen LogP contribution is -2.08. The quantitative estimate of drug-likeness (QED) is 0.695. The fourth-order valence-corrected chi connectivity index (χ4v) is 1.72. The molecule has 0 atom stereocenters. The van der Waals surface area contributed by atoms with E-state index in [1.165, 1.54) is 25.2 Å². The van der Waals surface area contributed by atoms with Crippen LogP contribution in [0.25, 0.3) is 5.69 Å². The van der Waals surface area contributed by atoms with Crippen molar-refractivity contribution < 1.29 is 18.1 Å². The van der Waals surface area contributed by atoms with Gasteiger partial charge in [-0.25, -0.2) is 4.68 Å². The summed E-state index contributed by atoms with van der Waals surface area (Å²) in [5, 5.41) is 17.0. The maximum Gasteiger partial charge on any atom is 0.435 e. The Labute approximate surface area is 111 Å². The highest BCUT2D eigenvalue weighted by atomic mass is 19.4. The van der Waals surface area contributed by atoms with Crippen molar-refractivity contribution in [3.63, 3.8) is 0 Å². The Hall–Kier alpha value is -2.58. The zero-order valence-electron chi connectivity index (χ0n) is 10.2. The van der Waals surface area contributed by atoms with Gasteiger partial charge in [-0.15, -0.1) is 0 Å². The van der Waals surface area contributed by atoms with E-state index >= 15 is 0 Å². The summed E-state index contributed by atoms with van der Waals surface area (Å²) in [7, 11) is 1.48. The molecule has 1 N–H and O–H groups in total. The van der Waals surface area contributed by atoms with Crippen molar-refractivity contribution in [2.75, 3.05) is 12.4 Å². The van der Waals surface area contributed by atoms with Crippen molar-refractivity contribution in [1.82, 2.24) is 9.78 Å². The summed E-state index contributed by atoms with van der Waals surface area (Å²) in [6.45, 7) is 0. The summed E-state index contributed by atoms with van der Waals surface area (Å²) in [4.78, 5) is 10.4. The van der Waals surface area contributed by atoms with Crippen molar-refractivity contribution in [2.45, 2.75) is 6.18 Å². The van der Waals surface area contributed by atoms with Crippen molar-refractivity contribution in [2.24, 2.45) is 0 Å². The Morgan fingerprint density at radius 1 is 1.35 bits per heavy atom. The van der Waals surface area contributed by atoms with E-state index < -0.39 is 16.8 Å². The van der Waals surface area contributed by atoms with Gasteiger partial charge in [-0.05, 0) is 18.2 Å². The van der Waals surface area contributed by atoms with Crippen LogP contribution in [-0.2, 0) is 6.18 Å². The number of aromatic nitrogens is 2. The van der Waals surface area contributed by atoms with Crippen LogP contribution in [0, 0.1) is 10.1 Å². The molecule has 0 spiro atoms. The number of hydrogen-bond acceptors (Lipinski definition) is 4. The number of alkyl halides is 3. The normalized spacial score (nSPS) is 11.4. The lowest BCUT2D eigenvalue weighted by atomic mass is 10.2. The number of anilines is 1. The van der Waals surface area contributed by atoms with Gasteiger partial charge < -0.3 is 5.32 Å². The molecule has 2 aromatic rings. The van der Waals surface area contributed by atoms with Crippen LogP contribution in [0.1, 0.15) is 5.69 Å². The zero-order valence-corrected chi connectivity index (χ0v) is 10.2. The van der Waals surface area contributed by atoms with Crippen LogP contribution in [0.3, 0.4) is 0 Å². The molecule has 0 saturated carbocycles. The number of nitro groups is 1. The highest BCUT2D eigenvalue weighted by Gasteiger charge is 2.34.